The highest BCUT2D eigenvalue weighted by atomic mass is 35.5. The number of nitrogens with one attached hydrogen (secondary N) is 1. The first-order valence-corrected chi connectivity index (χ1v) is 10.4. The third kappa shape index (κ3) is 5.71. The first kappa shape index (κ1) is 19.2. The summed E-state index contributed by atoms with van der Waals surface area (Å²) in [6.07, 6.45) is 3.68. The van der Waals surface area contributed by atoms with Crippen LogP contribution in [0.15, 0.2) is 52.4 Å². The maximum atomic E-state index is 12.1. The number of hydrogen-bond donors (Lipinski definition) is 1. The fourth-order valence-corrected chi connectivity index (χ4v) is 4.55. The maximum Gasteiger partial charge on any atom is 0.226 e. The van der Waals surface area contributed by atoms with Crippen molar-refractivity contribution in [2.24, 2.45) is 0 Å². The molecule has 0 radical (unpaired) electrons. The van der Waals surface area contributed by atoms with Crippen molar-refractivity contribution in [2.45, 2.75) is 23.1 Å². The lowest BCUT2D eigenvalue weighted by molar-refractivity contribution is -0.120. The van der Waals surface area contributed by atoms with E-state index in [4.69, 9.17) is 23.2 Å². The SMILES string of the molecule is O=C(Cc1csc(SCc2ccc(Cl)cc2Cl)n1)NCc1ccncc1. The van der Waals surface area contributed by atoms with E-state index in [0.29, 0.717) is 22.3 Å². The Balaban J connectivity index is 1.48. The van der Waals surface area contributed by atoms with Gasteiger partial charge in [0, 0.05) is 40.1 Å². The van der Waals surface area contributed by atoms with Crippen LogP contribution in [0.25, 0.3) is 0 Å². The lowest BCUT2D eigenvalue weighted by Crippen LogP contribution is -2.24. The minimum atomic E-state index is -0.0515. The second-order valence-corrected chi connectivity index (χ2v) is 8.36. The van der Waals surface area contributed by atoms with Crippen molar-refractivity contribution in [3.05, 3.63) is 75.0 Å². The van der Waals surface area contributed by atoms with Crippen LogP contribution in [0.3, 0.4) is 0 Å². The van der Waals surface area contributed by atoms with E-state index in [-0.39, 0.29) is 12.3 Å². The highest BCUT2D eigenvalue weighted by Gasteiger charge is 2.09. The van der Waals surface area contributed by atoms with Gasteiger partial charge < -0.3 is 5.32 Å². The van der Waals surface area contributed by atoms with Gasteiger partial charge in [0.05, 0.1) is 12.1 Å². The summed E-state index contributed by atoms with van der Waals surface area (Å²) < 4.78 is 0.910. The standard InChI is InChI=1S/C18H15Cl2N3OS2/c19-14-2-1-13(16(20)7-14)10-25-18-23-15(11-26-18)8-17(24)22-9-12-3-5-21-6-4-12/h1-7,11H,8-10H2,(H,22,24). The first-order chi connectivity index (χ1) is 12.6. The van der Waals surface area contributed by atoms with Crippen LogP contribution in [0.4, 0.5) is 0 Å². The molecule has 3 aromatic rings. The number of pyridine rings is 1. The van der Waals surface area contributed by atoms with Crippen molar-refractivity contribution in [1.82, 2.24) is 15.3 Å². The van der Waals surface area contributed by atoms with Crippen molar-refractivity contribution < 1.29 is 4.79 Å². The minimum absolute atomic E-state index is 0.0515. The molecule has 0 spiro atoms. The molecule has 0 aliphatic heterocycles. The number of hydrogen-bond acceptors (Lipinski definition) is 5. The van der Waals surface area contributed by atoms with Gasteiger partial charge in [-0.05, 0) is 35.4 Å². The number of rotatable bonds is 7. The van der Waals surface area contributed by atoms with E-state index in [0.717, 1.165) is 21.2 Å². The van der Waals surface area contributed by atoms with Gasteiger partial charge in [0.2, 0.25) is 5.91 Å². The van der Waals surface area contributed by atoms with E-state index >= 15 is 0 Å². The highest BCUT2D eigenvalue weighted by Crippen LogP contribution is 2.30. The van der Waals surface area contributed by atoms with Crippen LogP contribution in [0.2, 0.25) is 10.0 Å². The summed E-state index contributed by atoms with van der Waals surface area (Å²) in [5.41, 5.74) is 2.79. The number of amides is 1. The number of benzene rings is 1. The predicted octanol–water partition coefficient (Wildman–Crippen LogP) is 5.00. The Morgan fingerprint density at radius 3 is 2.77 bits per heavy atom. The molecule has 0 fully saturated rings. The molecule has 0 saturated carbocycles. The van der Waals surface area contributed by atoms with Crippen LogP contribution < -0.4 is 5.32 Å². The molecule has 0 unspecified atom stereocenters. The van der Waals surface area contributed by atoms with Crippen molar-refractivity contribution >= 4 is 52.2 Å². The summed E-state index contributed by atoms with van der Waals surface area (Å²) in [5.74, 6) is 0.654. The Hall–Kier alpha value is -1.60. The molecule has 0 saturated heterocycles. The quantitative estimate of drug-likeness (QED) is 0.543. The van der Waals surface area contributed by atoms with Crippen molar-refractivity contribution in [3.8, 4) is 0 Å². The molecule has 134 valence electrons. The number of carbonyl (C=O) groups excluding carboxylic acids is 1. The normalized spacial score (nSPS) is 10.7. The zero-order valence-corrected chi connectivity index (χ0v) is 16.8. The number of thioether (sulfide) groups is 1. The summed E-state index contributed by atoms with van der Waals surface area (Å²) in [6, 6.07) is 9.22. The fraction of sp³-hybridized carbons (Fsp3) is 0.167. The van der Waals surface area contributed by atoms with Gasteiger partial charge in [-0.1, -0.05) is 41.0 Å². The van der Waals surface area contributed by atoms with Crippen LogP contribution in [0.5, 0.6) is 0 Å². The molecule has 0 bridgehead atoms. The fourth-order valence-electron chi connectivity index (χ4n) is 2.14. The number of carbonyl (C=O) groups is 1. The summed E-state index contributed by atoms with van der Waals surface area (Å²) in [7, 11) is 0. The van der Waals surface area contributed by atoms with Crippen molar-refractivity contribution in [3.63, 3.8) is 0 Å². The third-order valence-corrected chi connectivity index (χ3v) is 6.18. The number of halogens is 2. The molecule has 2 heterocycles. The molecule has 1 N–H and O–H groups in total. The van der Waals surface area contributed by atoms with Crippen molar-refractivity contribution in [2.75, 3.05) is 0 Å². The smallest absolute Gasteiger partial charge is 0.226 e. The average molecular weight is 424 g/mol. The lowest BCUT2D eigenvalue weighted by Gasteiger charge is -2.04. The molecular weight excluding hydrogens is 409 g/mol. The molecule has 1 amide bonds. The van der Waals surface area contributed by atoms with Gasteiger partial charge >= 0.3 is 0 Å². The van der Waals surface area contributed by atoms with Gasteiger partial charge in [0.1, 0.15) is 4.34 Å². The average Bonchev–Trinajstić information content (AvgIpc) is 3.07. The van der Waals surface area contributed by atoms with Crippen LogP contribution in [-0.2, 0) is 23.5 Å². The molecule has 0 atom stereocenters. The number of nitrogens with zero attached hydrogens (tertiary/aromatic N) is 2. The van der Waals surface area contributed by atoms with Gasteiger partial charge in [-0.15, -0.1) is 11.3 Å². The van der Waals surface area contributed by atoms with E-state index in [2.05, 4.69) is 15.3 Å². The monoisotopic (exact) mass is 423 g/mol. The maximum absolute atomic E-state index is 12.1. The van der Waals surface area contributed by atoms with E-state index in [1.807, 2.05) is 29.6 Å². The van der Waals surface area contributed by atoms with Crippen LogP contribution in [-0.4, -0.2) is 15.9 Å². The summed E-state index contributed by atoms with van der Waals surface area (Å²) in [5, 5.41) is 6.08. The minimum Gasteiger partial charge on any atom is -0.352 e. The Kier molecular flexibility index (Phi) is 6.91. The van der Waals surface area contributed by atoms with E-state index in [1.165, 1.54) is 11.3 Å². The number of aromatic nitrogens is 2. The Morgan fingerprint density at radius 2 is 2.00 bits per heavy atom. The van der Waals surface area contributed by atoms with Gasteiger partial charge in [-0.25, -0.2) is 4.98 Å². The molecule has 4 nitrogen and oxygen atoms in total. The van der Waals surface area contributed by atoms with E-state index < -0.39 is 0 Å². The number of thiazole rings is 1. The van der Waals surface area contributed by atoms with Gasteiger partial charge in [-0.3, -0.25) is 9.78 Å². The van der Waals surface area contributed by atoms with Gasteiger partial charge in [0.25, 0.3) is 0 Å². The second kappa shape index (κ2) is 9.37. The predicted molar refractivity (Wildman–Crippen MR) is 108 cm³/mol. The zero-order valence-electron chi connectivity index (χ0n) is 13.6. The molecule has 0 aliphatic carbocycles. The zero-order chi connectivity index (χ0) is 18.4. The Morgan fingerprint density at radius 1 is 1.19 bits per heavy atom. The molecule has 1 aromatic carbocycles. The molecule has 2 aromatic heterocycles. The molecule has 0 aliphatic rings. The largest absolute Gasteiger partial charge is 0.352 e. The topological polar surface area (TPSA) is 54.9 Å². The van der Waals surface area contributed by atoms with Crippen LogP contribution in [0, 0.1) is 0 Å². The van der Waals surface area contributed by atoms with E-state index in [1.54, 1.807) is 30.2 Å². The summed E-state index contributed by atoms with van der Waals surface area (Å²) in [6.45, 7) is 0.488. The lowest BCUT2D eigenvalue weighted by atomic mass is 10.2. The van der Waals surface area contributed by atoms with Gasteiger partial charge in [0.15, 0.2) is 0 Å². The van der Waals surface area contributed by atoms with Crippen molar-refractivity contribution in [1.29, 1.82) is 0 Å². The molecule has 26 heavy (non-hydrogen) atoms. The molecular formula is C18H15Cl2N3OS2. The molecule has 3 rings (SSSR count). The first-order valence-electron chi connectivity index (χ1n) is 7.77. The molecule has 8 heteroatoms. The Labute approximate surface area is 170 Å². The van der Waals surface area contributed by atoms with Gasteiger partial charge in [-0.2, -0.15) is 0 Å². The summed E-state index contributed by atoms with van der Waals surface area (Å²) in [4.78, 5) is 20.5. The second-order valence-electron chi connectivity index (χ2n) is 5.44. The van der Waals surface area contributed by atoms with Crippen LogP contribution in [0.1, 0.15) is 16.8 Å². The van der Waals surface area contributed by atoms with Crippen LogP contribution >= 0.6 is 46.3 Å². The Bertz CT molecular complexity index is 887. The highest BCUT2D eigenvalue weighted by molar-refractivity contribution is 8.00. The van der Waals surface area contributed by atoms with E-state index in [9.17, 15) is 4.79 Å². The summed E-state index contributed by atoms with van der Waals surface area (Å²) >= 11 is 15.2. The third-order valence-electron chi connectivity index (χ3n) is 3.48.